The van der Waals surface area contributed by atoms with Crippen LogP contribution in [0.2, 0.25) is 0 Å². The van der Waals surface area contributed by atoms with Crippen LogP contribution in [0.15, 0.2) is 0 Å². The number of rotatable bonds is 1. The van der Waals surface area contributed by atoms with Crippen LogP contribution in [0.4, 0.5) is 0 Å². The maximum Gasteiger partial charge on any atom is 0.105 e. The topological polar surface area (TPSA) is 43.3 Å². The van der Waals surface area contributed by atoms with Gasteiger partial charge in [-0.25, -0.2) is 10.0 Å². The normalized spacial score (nSPS) is 20.0. The molecular formula is C3H9NO2. The van der Waals surface area contributed by atoms with E-state index in [9.17, 15) is 5.21 Å². The predicted octanol–water partition coefficient (Wildman–Crippen LogP) is 0.340. The summed E-state index contributed by atoms with van der Waals surface area (Å²) in [5, 5.41) is 18.2. The van der Waals surface area contributed by atoms with Crippen molar-refractivity contribution in [1.29, 1.82) is 0 Å². The summed E-state index contributed by atoms with van der Waals surface area (Å²) < 4.78 is 0. The minimum atomic E-state index is -1.18. The van der Waals surface area contributed by atoms with Gasteiger partial charge >= 0.3 is 0 Å². The number of quaternary nitrogens is 1. The van der Waals surface area contributed by atoms with E-state index in [1.54, 1.807) is 6.92 Å². The summed E-state index contributed by atoms with van der Waals surface area (Å²) in [6.45, 7) is 1.83. The predicted molar refractivity (Wildman–Crippen MR) is 21.9 cm³/mol. The molecule has 0 aliphatic carbocycles. The first-order valence-corrected chi connectivity index (χ1v) is 1.85. The maximum absolute atomic E-state index is 9.97. The van der Waals surface area contributed by atoms with Crippen molar-refractivity contribution in [2.75, 3.05) is 13.6 Å². The van der Waals surface area contributed by atoms with Crippen molar-refractivity contribution >= 4 is 0 Å². The van der Waals surface area contributed by atoms with Gasteiger partial charge in [-0.1, -0.05) is 0 Å². The maximum atomic E-state index is 9.97. The van der Waals surface area contributed by atoms with Crippen molar-refractivity contribution < 1.29 is 10.0 Å². The van der Waals surface area contributed by atoms with Crippen LogP contribution in [0, 0.1) is 5.21 Å². The number of hydrogen-bond acceptors (Lipinski definition) is 2. The molecule has 3 nitrogen and oxygen atoms in total. The molecule has 1 N–H and O–H groups in total. The van der Waals surface area contributed by atoms with E-state index in [2.05, 4.69) is 0 Å². The first-order valence-electron chi connectivity index (χ1n) is 1.85. The third-order valence-corrected chi connectivity index (χ3v) is 0.587. The van der Waals surface area contributed by atoms with E-state index in [0.29, 0.717) is 0 Å². The third-order valence-electron chi connectivity index (χ3n) is 0.587. The molecule has 38 valence electrons. The van der Waals surface area contributed by atoms with E-state index in [0.717, 1.165) is 0 Å². The molecule has 0 aromatic rings. The molecule has 6 heavy (non-hydrogen) atoms. The SMILES string of the molecule is CC[N+](C)([O-])O. The average molecular weight is 91.1 g/mol. The van der Waals surface area contributed by atoms with Crippen LogP contribution in [-0.4, -0.2) is 23.6 Å². The summed E-state index contributed by atoms with van der Waals surface area (Å²) in [4.78, 5) is -1.18. The fraction of sp³-hybridized carbons (Fsp3) is 1.00. The Morgan fingerprint density at radius 2 is 2.00 bits per heavy atom. The fourth-order valence-electron chi connectivity index (χ4n) is 0. The lowest BCUT2D eigenvalue weighted by atomic mass is 10.7. The molecule has 0 rings (SSSR count). The molecule has 1 unspecified atom stereocenters. The van der Waals surface area contributed by atoms with Gasteiger partial charge in [0.1, 0.15) is 6.54 Å². The van der Waals surface area contributed by atoms with Gasteiger partial charge in [0.2, 0.25) is 0 Å². The molecular weight excluding hydrogens is 82.0 g/mol. The van der Waals surface area contributed by atoms with Crippen LogP contribution in [0.5, 0.6) is 0 Å². The highest BCUT2D eigenvalue weighted by molar-refractivity contribution is 4.10. The minimum Gasteiger partial charge on any atom is -0.599 e. The van der Waals surface area contributed by atoms with Crippen molar-refractivity contribution in [3.05, 3.63) is 5.21 Å². The molecule has 3 heteroatoms. The second-order valence-electron chi connectivity index (χ2n) is 1.37. The van der Waals surface area contributed by atoms with Crippen molar-refractivity contribution in [2.45, 2.75) is 6.92 Å². The first-order chi connectivity index (χ1) is 2.56. The van der Waals surface area contributed by atoms with Crippen molar-refractivity contribution in [3.8, 4) is 0 Å². The standard InChI is InChI=1S/C3H9NO2/c1-3-4(2,5)6/h5H,3H2,1-2H3. The van der Waals surface area contributed by atoms with E-state index < -0.39 is 4.81 Å². The van der Waals surface area contributed by atoms with Crippen LogP contribution < -0.4 is 0 Å². The highest BCUT2D eigenvalue weighted by Gasteiger charge is 1.94. The average Bonchev–Trinajstić information content (AvgIpc) is 1.35. The summed E-state index contributed by atoms with van der Waals surface area (Å²) in [6, 6.07) is 0. The second kappa shape index (κ2) is 1.55. The van der Waals surface area contributed by atoms with Gasteiger partial charge in [-0.05, 0) is 6.92 Å². The molecule has 0 saturated heterocycles. The van der Waals surface area contributed by atoms with Gasteiger partial charge in [0.15, 0.2) is 0 Å². The molecule has 0 aromatic carbocycles. The van der Waals surface area contributed by atoms with Crippen LogP contribution >= 0.6 is 0 Å². The van der Waals surface area contributed by atoms with Crippen LogP contribution in [0.25, 0.3) is 0 Å². The van der Waals surface area contributed by atoms with E-state index in [1.807, 2.05) is 0 Å². The van der Waals surface area contributed by atoms with Crippen molar-refractivity contribution in [3.63, 3.8) is 0 Å². The van der Waals surface area contributed by atoms with Crippen LogP contribution in [-0.2, 0) is 0 Å². The van der Waals surface area contributed by atoms with Crippen LogP contribution in [0.3, 0.4) is 0 Å². The largest absolute Gasteiger partial charge is 0.599 e. The Kier molecular flexibility index (Phi) is 1.52. The lowest BCUT2D eigenvalue weighted by Crippen LogP contribution is -2.32. The molecule has 0 saturated carbocycles. The number of hydrogen-bond donors (Lipinski definition) is 1. The van der Waals surface area contributed by atoms with E-state index in [4.69, 9.17) is 5.21 Å². The van der Waals surface area contributed by atoms with Gasteiger partial charge in [-0.15, -0.1) is 0 Å². The van der Waals surface area contributed by atoms with Gasteiger partial charge in [0, 0.05) is 0 Å². The van der Waals surface area contributed by atoms with Crippen molar-refractivity contribution in [1.82, 2.24) is 0 Å². The van der Waals surface area contributed by atoms with E-state index >= 15 is 0 Å². The lowest BCUT2D eigenvalue weighted by Gasteiger charge is -2.26. The minimum absolute atomic E-state index is 0.208. The van der Waals surface area contributed by atoms with Crippen molar-refractivity contribution in [2.24, 2.45) is 0 Å². The second-order valence-corrected chi connectivity index (χ2v) is 1.37. The van der Waals surface area contributed by atoms with Crippen LogP contribution in [0.1, 0.15) is 6.92 Å². The Bertz CT molecular complexity index is 38.5. The molecule has 0 amide bonds. The molecule has 0 spiro atoms. The zero-order chi connectivity index (χ0) is 5.21. The zero-order valence-electron chi connectivity index (χ0n) is 4.01. The summed E-state index contributed by atoms with van der Waals surface area (Å²) in [5.41, 5.74) is 0. The molecule has 0 aromatic heterocycles. The molecule has 1 atom stereocenters. The van der Waals surface area contributed by atoms with E-state index in [1.165, 1.54) is 7.05 Å². The quantitative estimate of drug-likeness (QED) is 0.373. The van der Waals surface area contributed by atoms with Gasteiger partial charge in [-0.2, -0.15) is 0 Å². The lowest BCUT2D eigenvalue weighted by molar-refractivity contribution is -1.05. The zero-order valence-corrected chi connectivity index (χ0v) is 4.01. The molecule has 0 aliphatic rings. The molecule has 0 fully saturated rings. The summed E-state index contributed by atoms with van der Waals surface area (Å²) in [7, 11) is 1.18. The number of hydroxylamine groups is 4. The first kappa shape index (κ1) is 5.88. The van der Waals surface area contributed by atoms with Gasteiger partial charge in [0.05, 0.1) is 7.05 Å². The Morgan fingerprint density at radius 3 is 2.00 bits per heavy atom. The highest BCUT2D eigenvalue weighted by atomic mass is 16.8. The Hall–Kier alpha value is -0.120. The summed E-state index contributed by atoms with van der Waals surface area (Å²) >= 11 is 0. The molecule has 0 aliphatic heterocycles. The van der Waals surface area contributed by atoms with Gasteiger partial charge in [0.25, 0.3) is 0 Å². The Morgan fingerprint density at radius 1 is 1.83 bits per heavy atom. The summed E-state index contributed by atoms with van der Waals surface area (Å²) in [5.74, 6) is 0. The van der Waals surface area contributed by atoms with Gasteiger partial charge < -0.3 is 5.21 Å². The monoisotopic (exact) mass is 91.1 g/mol. The third kappa shape index (κ3) is 3.88. The molecule has 0 heterocycles. The molecule has 0 radical (unpaired) electrons. The Labute approximate surface area is 36.9 Å². The highest BCUT2D eigenvalue weighted by Crippen LogP contribution is 1.85. The Balaban J connectivity index is 3.17. The van der Waals surface area contributed by atoms with E-state index in [-0.39, 0.29) is 6.54 Å². The smallest absolute Gasteiger partial charge is 0.105 e. The fourth-order valence-corrected chi connectivity index (χ4v) is 0. The molecule has 0 bridgehead atoms. The number of nitrogens with zero attached hydrogens (tertiary/aromatic N) is 1. The summed E-state index contributed by atoms with van der Waals surface area (Å²) in [6.07, 6.45) is 0. The van der Waals surface area contributed by atoms with Gasteiger partial charge in [-0.3, -0.25) is 0 Å².